The van der Waals surface area contributed by atoms with E-state index in [0.29, 0.717) is 0 Å². The zero-order valence-electron chi connectivity index (χ0n) is 18.4. The molecule has 0 spiro atoms. The molecule has 3 nitrogen and oxygen atoms in total. The van der Waals surface area contributed by atoms with Gasteiger partial charge in [-0.3, -0.25) is 9.59 Å². The number of nitrogens with zero attached hydrogens (tertiary/aromatic N) is 1. The van der Waals surface area contributed by atoms with Gasteiger partial charge in [0, 0.05) is 11.8 Å². The van der Waals surface area contributed by atoms with Gasteiger partial charge in [-0.2, -0.15) is 0 Å². The Bertz CT molecular complexity index is 1390. The minimum Gasteiger partial charge on any atom is -0.274 e. The molecule has 2 bridgehead atoms. The fourth-order valence-electron chi connectivity index (χ4n) is 5.82. The number of amides is 2. The number of benzene rings is 3. The van der Waals surface area contributed by atoms with Crippen molar-refractivity contribution in [3.05, 3.63) is 119 Å². The van der Waals surface area contributed by atoms with Crippen LogP contribution in [-0.2, 0) is 9.59 Å². The normalized spacial score (nSPS) is 24.1. The first-order valence-corrected chi connectivity index (χ1v) is 11.3. The Balaban J connectivity index is 1.51. The van der Waals surface area contributed by atoms with Crippen molar-refractivity contribution in [3.63, 3.8) is 0 Å². The monoisotopic (exact) mass is 493 g/mol. The number of anilines is 1. The molecule has 4 atom stereocenters. The van der Waals surface area contributed by atoms with E-state index in [1.165, 1.54) is 0 Å². The summed E-state index contributed by atoms with van der Waals surface area (Å²) in [6, 6.07) is 18.8. The molecule has 1 heterocycles. The van der Waals surface area contributed by atoms with Crippen LogP contribution in [0.3, 0.4) is 0 Å². The molecule has 1 saturated heterocycles. The van der Waals surface area contributed by atoms with E-state index in [4.69, 9.17) is 0 Å². The third kappa shape index (κ3) is 2.90. The van der Waals surface area contributed by atoms with E-state index in [1.807, 2.05) is 60.7 Å². The third-order valence-corrected chi connectivity index (χ3v) is 7.24. The van der Waals surface area contributed by atoms with E-state index in [9.17, 15) is 31.5 Å². The molecule has 36 heavy (non-hydrogen) atoms. The van der Waals surface area contributed by atoms with E-state index in [1.54, 1.807) is 12.2 Å². The molecule has 0 aromatic heterocycles. The Kier molecular flexibility index (Phi) is 4.96. The fraction of sp³-hybridized carbons (Fsp3) is 0.143. The van der Waals surface area contributed by atoms with Crippen molar-refractivity contribution in [1.29, 1.82) is 0 Å². The van der Waals surface area contributed by atoms with Gasteiger partial charge < -0.3 is 0 Å². The zero-order valence-corrected chi connectivity index (χ0v) is 18.4. The quantitative estimate of drug-likeness (QED) is 0.152. The molecular formula is C28H16F5NO2. The van der Waals surface area contributed by atoms with Crippen molar-refractivity contribution in [2.75, 3.05) is 4.90 Å². The summed E-state index contributed by atoms with van der Waals surface area (Å²) in [6.45, 7) is 0. The van der Waals surface area contributed by atoms with Crippen LogP contribution in [0.1, 0.15) is 11.1 Å². The molecule has 180 valence electrons. The molecule has 3 aromatic carbocycles. The second-order valence-electron chi connectivity index (χ2n) is 8.98. The average Bonchev–Trinajstić information content (AvgIpc) is 3.53. The molecular weight excluding hydrogens is 477 g/mol. The van der Waals surface area contributed by atoms with Crippen LogP contribution in [0.5, 0.6) is 0 Å². The lowest BCUT2D eigenvalue weighted by atomic mass is 9.85. The number of carbonyl (C=O) groups is 2. The number of allylic oxidation sites excluding steroid dienone is 3. The number of fused-ring (bicyclic) bond motifs is 5. The van der Waals surface area contributed by atoms with Gasteiger partial charge in [0.1, 0.15) is 5.69 Å². The van der Waals surface area contributed by atoms with Gasteiger partial charge in [-0.1, -0.05) is 72.8 Å². The highest BCUT2D eigenvalue weighted by Crippen LogP contribution is 2.59. The predicted octanol–water partition coefficient (Wildman–Crippen LogP) is 5.81. The van der Waals surface area contributed by atoms with Gasteiger partial charge in [-0.25, -0.2) is 26.9 Å². The molecule has 1 aliphatic heterocycles. The maximum absolute atomic E-state index is 14.5. The van der Waals surface area contributed by atoms with Gasteiger partial charge in [0.15, 0.2) is 23.3 Å². The first kappa shape index (κ1) is 22.4. The van der Waals surface area contributed by atoms with Crippen LogP contribution in [0, 0.1) is 52.8 Å². The maximum Gasteiger partial charge on any atom is 0.238 e. The van der Waals surface area contributed by atoms with Crippen LogP contribution < -0.4 is 4.90 Å². The number of hydrogen-bond donors (Lipinski definition) is 0. The van der Waals surface area contributed by atoms with Crippen LogP contribution in [0.2, 0.25) is 0 Å². The van der Waals surface area contributed by atoms with Crippen molar-refractivity contribution >= 4 is 23.1 Å². The summed E-state index contributed by atoms with van der Waals surface area (Å²) in [5.41, 5.74) is 1.88. The lowest BCUT2D eigenvalue weighted by Gasteiger charge is -2.22. The minimum absolute atomic E-state index is 0.139. The Morgan fingerprint density at radius 1 is 0.583 bits per heavy atom. The van der Waals surface area contributed by atoms with Gasteiger partial charge in [-0.05, 0) is 22.3 Å². The highest BCUT2D eigenvalue weighted by Gasteiger charge is 2.63. The van der Waals surface area contributed by atoms with Gasteiger partial charge in [0.2, 0.25) is 17.6 Å². The molecule has 1 saturated carbocycles. The van der Waals surface area contributed by atoms with Gasteiger partial charge in [-0.15, -0.1) is 0 Å². The number of hydrogen-bond acceptors (Lipinski definition) is 2. The summed E-state index contributed by atoms with van der Waals surface area (Å²) >= 11 is 0. The number of halogens is 5. The molecule has 2 amide bonds. The second kappa shape index (κ2) is 7.98. The van der Waals surface area contributed by atoms with Crippen LogP contribution in [0.4, 0.5) is 27.6 Å². The molecule has 3 aromatic rings. The standard InChI is InChI=1S/C28H16F5NO2/c29-21-22(30)24(32)26(25(33)23(21)31)34-27(35)19-15-11-12-16(20(19)28(34)36)18(15)17(13-7-3-1-4-8-13)14-9-5-2-6-10-14/h1-12,15-16,19-20H/t15-,16-,19-,20+/m0/s1. The fourth-order valence-corrected chi connectivity index (χ4v) is 5.82. The molecule has 8 heteroatoms. The summed E-state index contributed by atoms with van der Waals surface area (Å²) in [7, 11) is 0. The minimum atomic E-state index is -2.35. The van der Waals surface area contributed by atoms with E-state index >= 15 is 0 Å². The first-order chi connectivity index (χ1) is 17.3. The molecule has 2 fully saturated rings. The van der Waals surface area contributed by atoms with E-state index < -0.39 is 70.3 Å². The first-order valence-electron chi connectivity index (χ1n) is 11.3. The SMILES string of the molecule is O=C1[C@@H]2[C@H](C(=O)N1c1c(F)c(F)c(F)c(F)c1F)[C@H]1C=C[C@H]2C1=C(c1ccccc1)c1ccccc1. The molecule has 0 radical (unpaired) electrons. The second-order valence-corrected chi connectivity index (χ2v) is 8.98. The lowest BCUT2D eigenvalue weighted by molar-refractivity contribution is -0.123. The number of carbonyl (C=O) groups excluding carboxylic acids is 2. The Morgan fingerprint density at radius 3 is 1.39 bits per heavy atom. The van der Waals surface area contributed by atoms with Crippen molar-refractivity contribution in [1.82, 2.24) is 0 Å². The van der Waals surface area contributed by atoms with E-state index in [2.05, 4.69) is 0 Å². The molecule has 0 unspecified atom stereocenters. The topological polar surface area (TPSA) is 37.4 Å². The Hall–Kier alpha value is -4.07. The van der Waals surface area contributed by atoms with Crippen LogP contribution in [-0.4, -0.2) is 11.8 Å². The highest BCUT2D eigenvalue weighted by molar-refractivity contribution is 6.23. The molecule has 6 rings (SSSR count). The average molecular weight is 493 g/mol. The van der Waals surface area contributed by atoms with Crippen molar-refractivity contribution in [2.24, 2.45) is 23.7 Å². The summed E-state index contributed by atoms with van der Waals surface area (Å²) in [5, 5.41) is 0. The molecule has 2 aliphatic carbocycles. The zero-order chi connectivity index (χ0) is 25.3. The van der Waals surface area contributed by atoms with E-state index in [0.717, 1.165) is 22.3 Å². The van der Waals surface area contributed by atoms with Crippen molar-refractivity contribution in [3.8, 4) is 0 Å². The van der Waals surface area contributed by atoms with Crippen molar-refractivity contribution < 1.29 is 31.5 Å². The summed E-state index contributed by atoms with van der Waals surface area (Å²) in [5.74, 6) is -16.3. The Morgan fingerprint density at radius 2 is 0.972 bits per heavy atom. The number of rotatable bonds is 3. The summed E-state index contributed by atoms with van der Waals surface area (Å²) < 4.78 is 70.4. The van der Waals surface area contributed by atoms with Gasteiger partial charge in [0.25, 0.3) is 0 Å². The van der Waals surface area contributed by atoms with E-state index in [-0.39, 0.29) is 4.90 Å². The number of imide groups is 1. The molecule has 3 aliphatic rings. The van der Waals surface area contributed by atoms with Gasteiger partial charge in [0.05, 0.1) is 11.8 Å². The van der Waals surface area contributed by atoms with Gasteiger partial charge >= 0.3 is 0 Å². The smallest absolute Gasteiger partial charge is 0.238 e. The maximum atomic E-state index is 14.5. The van der Waals surface area contributed by atoms with Crippen LogP contribution in [0.15, 0.2) is 78.4 Å². The lowest BCUT2D eigenvalue weighted by Crippen LogP contribution is -2.35. The third-order valence-electron chi connectivity index (χ3n) is 7.24. The van der Waals surface area contributed by atoms with Crippen LogP contribution in [0.25, 0.3) is 5.57 Å². The largest absolute Gasteiger partial charge is 0.274 e. The molecule has 0 N–H and O–H groups in total. The predicted molar refractivity (Wildman–Crippen MR) is 121 cm³/mol. The van der Waals surface area contributed by atoms with Crippen LogP contribution >= 0.6 is 0 Å². The highest BCUT2D eigenvalue weighted by atomic mass is 19.2. The van der Waals surface area contributed by atoms with Crippen molar-refractivity contribution in [2.45, 2.75) is 0 Å². The summed E-state index contributed by atoms with van der Waals surface area (Å²) in [4.78, 5) is 27.0. The Labute approximate surface area is 202 Å². The summed E-state index contributed by atoms with van der Waals surface area (Å²) in [6.07, 6.45) is 3.56.